The topological polar surface area (TPSA) is 58.3 Å². The molecule has 1 aliphatic heterocycles. The normalized spacial score (nSPS) is 22.1. The maximum absolute atomic E-state index is 5.56. The first-order valence-electron chi connectivity index (χ1n) is 5.58. The van der Waals surface area contributed by atoms with Crippen LogP contribution >= 0.6 is 11.3 Å². The van der Waals surface area contributed by atoms with Crippen LogP contribution in [0.5, 0.6) is 0 Å². The van der Waals surface area contributed by atoms with Crippen LogP contribution in [0, 0.1) is 5.92 Å². The number of nitrogens with zero attached hydrogens (tertiary/aromatic N) is 4. The number of anilines is 1. The molecule has 2 rings (SSSR count). The smallest absolute Gasteiger partial charge is 0.203 e. The second-order valence-corrected chi connectivity index (χ2v) is 5.74. The summed E-state index contributed by atoms with van der Waals surface area (Å²) in [4.78, 5) is 4.70. The Balaban J connectivity index is 1.78. The third-order valence-electron chi connectivity index (χ3n) is 2.95. The standard InChI is InChI=1S/C10H19N5S/c1-14-4-3-8(5-14)6-15(2)7-9-12-13-10(11)16-9/h8H,3-7H2,1-2H3,(H2,11,13). The van der Waals surface area contributed by atoms with Crippen molar-refractivity contribution in [1.82, 2.24) is 20.0 Å². The van der Waals surface area contributed by atoms with E-state index in [0.29, 0.717) is 5.13 Å². The van der Waals surface area contributed by atoms with E-state index in [4.69, 9.17) is 5.73 Å². The second kappa shape index (κ2) is 5.07. The van der Waals surface area contributed by atoms with Crippen LogP contribution in [0.3, 0.4) is 0 Å². The van der Waals surface area contributed by atoms with Gasteiger partial charge in [-0.2, -0.15) is 0 Å². The van der Waals surface area contributed by atoms with Crippen LogP contribution in [0.1, 0.15) is 11.4 Å². The van der Waals surface area contributed by atoms with Crippen LogP contribution < -0.4 is 5.73 Å². The quantitative estimate of drug-likeness (QED) is 0.832. The van der Waals surface area contributed by atoms with Crippen LogP contribution in [0.4, 0.5) is 5.13 Å². The average Bonchev–Trinajstić information content (AvgIpc) is 2.76. The highest BCUT2D eigenvalue weighted by atomic mass is 32.1. The van der Waals surface area contributed by atoms with E-state index in [1.165, 1.54) is 30.8 Å². The van der Waals surface area contributed by atoms with Gasteiger partial charge in [0.05, 0.1) is 6.54 Å². The molecule has 90 valence electrons. The molecule has 0 bridgehead atoms. The van der Waals surface area contributed by atoms with Gasteiger partial charge in [0.1, 0.15) is 5.01 Å². The largest absolute Gasteiger partial charge is 0.374 e. The lowest BCUT2D eigenvalue weighted by Gasteiger charge is -2.19. The third-order valence-corrected chi connectivity index (χ3v) is 3.68. The Morgan fingerprint density at radius 1 is 1.56 bits per heavy atom. The molecule has 0 aromatic carbocycles. The summed E-state index contributed by atoms with van der Waals surface area (Å²) in [6.07, 6.45) is 1.30. The molecule has 1 atom stereocenters. The zero-order valence-corrected chi connectivity index (χ0v) is 10.7. The van der Waals surface area contributed by atoms with Gasteiger partial charge in [0, 0.05) is 13.1 Å². The highest BCUT2D eigenvalue weighted by molar-refractivity contribution is 7.15. The minimum atomic E-state index is 0.559. The van der Waals surface area contributed by atoms with Gasteiger partial charge in [0.25, 0.3) is 0 Å². The molecule has 1 saturated heterocycles. The lowest BCUT2D eigenvalue weighted by atomic mass is 10.1. The van der Waals surface area contributed by atoms with Gasteiger partial charge in [-0.3, -0.25) is 4.90 Å². The number of hydrogen-bond donors (Lipinski definition) is 1. The summed E-state index contributed by atoms with van der Waals surface area (Å²) in [5.74, 6) is 0.792. The van der Waals surface area contributed by atoms with Crippen molar-refractivity contribution >= 4 is 16.5 Å². The Morgan fingerprint density at radius 3 is 2.94 bits per heavy atom. The fourth-order valence-electron chi connectivity index (χ4n) is 2.24. The van der Waals surface area contributed by atoms with Crippen molar-refractivity contribution in [3.05, 3.63) is 5.01 Å². The van der Waals surface area contributed by atoms with Crippen molar-refractivity contribution in [2.24, 2.45) is 5.92 Å². The highest BCUT2D eigenvalue weighted by Gasteiger charge is 2.20. The van der Waals surface area contributed by atoms with E-state index in [2.05, 4.69) is 34.1 Å². The molecule has 2 heterocycles. The molecule has 5 nitrogen and oxygen atoms in total. The average molecular weight is 241 g/mol. The Bertz CT molecular complexity index is 340. The van der Waals surface area contributed by atoms with Gasteiger partial charge in [-0.25, -0.2) is 0 Å². The maximum Gasteiger partial charge on any atom is 0.203 e. The monoisotopic (exact) mass is 241 g/mol. The van der Waals surface area contributed by atoms with Gasteiger partial charge in [-0.05, 0) is 33.0 Å². The molecule has 0 amide bonds. The van der Waals surface area contributed by atoms with Crippen molar-refractivity contribution in [2.75, 3.05) is 39.5 Å². The Kier molecular flexibility index (Phi) is 3.73. The minimum absolute atomic E-state index is 0.559. The summed E-state index contributed by atoms with van der Waals surface area (Å²) in [5.41, 5.74) is 5.56. The fourth-order valence-corrected chi connectivity index (χ4v) is 2.93. The van der Waals surface area contributed by atoms with Gasteiger partial charge >= 0.3 is 0 Å². The number of aromatic nitrogens is 2. The summed E-state index contributed by atoms with van der Waals surface area (Å²) >= 11 is 1.48. The molecule has 0 spiro atoms. The zero-order chi connectivity index (χ0) is 11.5. The Morgan fingerprint density at radius 2 is 2.38 bits per heavy atom. The number of likely N-dealkylation sites (tertiary alicyclic amines) is 1. The van der Waals surface area contributed by atoms with E-state index >= 15 is 0 Å². The summed E-state index contributed by atoms with van der Waals surface area (Å²) in [5, 5.41) is 9.43. The molecule has 0 aliphatic carbocycles. The third kappa shape index (κ3) is 3.13. The van der Waals surface area contributed by atoms with Crippen molar-refractivity contribution in [2.45, 2.75) is 13.0 Å². The van der Waals surface area contributed by atoms with Crippen LogP contribution in [0.25, 0.3) is 0 Å². The van der Waals surface area contributed by atoms with Gasteiger partial charge < -0.3 is 10.6 Å². The number of nitrogen functional groups attached to an aromatic ring is 1. The minimum Gasteiger partial charge on any atom is -0.374 e. The SMILES string of the molecule is CN1CCC(CN(C)Cc2nnc(N)s2)C1. The van der Waals surface area contributed by atoms with E-state index < -0.39 is 0 Å². The lowest BCUT2D eigenvalue weighted by molar-refractivity contribution is 0.266. The van der Waals surface area contributed by atoms with Crippen molar-refractivity contribution in [3.8, 4) is 0 Å². The molecule has 16 heavy (non-hydrogen) atoms. The van der Waals surface area contributed by atoms with Crippen LogP contribution in [0.2, 0.25) is 0 Å². The first-order chi connectivity index (χ1) is 7.63. The van der Waals surface area contributed by atoms with Crippen LogP contribution in [-0.2, 0) is 6.54 Å². The van der Waals surface area contributed by atoms with Gasteiger partial charge in [-0.15, -0.1) is 10.2 Å². The second-order valence-electron chi connectivity index (χ2n) is 4.65. The molecule has 6 heteroatoms. The zero-order valence-electron chi connectivity index (χ0n) is 9.89. The van der Waals surface area contributed by atoms with E-state index in [0.717, 1.165) is 24.0 Å². The van der Waals surface area contributed by atoms with Gasteiger partial charge in [0.15, 0.2) is 0 Å². The lowest BCUT2D eigenvalue weighted by Crippen LogP contribution is -2.27. The predicted molar refractivity (Wildman–Crippen MR) is 66.3 cm³/mol. The van der Waals surface area contributed by atoms with Crippen molar-refractivity contribution in [1.29, 1.82) is 0 Å². The molecule has 1 unspecified atom stereocenters. The first kappa shape index (κ1) is 11.8. The molecule has 1 aromatic heterocycles. The predicted octanol–water partition coefficient (Wildman–Crippen LogP) is 0.504. The summed E-state index contributed by atoms with van der Waals surface area (Å²) in [6, 6.07) is 0. The Hall–Kier alpha value is -0.720. The molecular formula is C10H19N5S. The first-order valence-corrected chi connectivity index (χ1v) is 6.40. The molecule has 2 N–H and O–H groups in total. The number of hydrogen-bond acceptors (Lipinski definition) is 6. The van der Waals surface area contributed by atoms with E-state index in [1.807, 2.05) is 0 Å². The van der Waals surface area contributed by atoms with Gasteiger partial charge in [0.2, 0.25) is 5.13 Å². The number of nitrogens with two attached hydrogens (primary N) is 1. The van der Waals surface area contributed by atoms with E-state index in [9.17, 15) is 0 Å². The molecule has 1 fully saturated rings. The number of rotatable bonds is 4. The highest BCUT2D eigenvalue weighted by Crippen LogP contribution is 2.17. The summed E-state index contributed by atoms with van der Waals surface area (Å²) in [6.45, 7) is 4.42. The molecule has 0 radical (unpaired) electrons. The summed E-state index contributed by atoms with van der Waals surface area (Å²) in [7, 11) is 4.32. The fraction of sp³-hybridized carbons (Fsp3) is 0.800. The van der Waals surface area contributed by atoms with E-state index in [-0.39, 0.29) is 0 Å². The molecular weight excluding hydrogens is 222 g/mol. The van der Waals surface area contributed by atoms with Gasteiger partial charge in [-0.1, -0.05) is 11.3 Å². The maximum atomic E-state index is 5.56. The molecule has 1 aliphatic rings. The van der Waals surface area contributed by atoms with Crippen LogP contribution in [0.15, 0.2) is 0 Å². The van der Waals surface area contributed by atoms with Crippen molar-refractivity contribution < 1.29 is 0 Å². The van der Waals surface area contributed by atoms with Crippen molar-refractivity contribution in [3.63, 3.8) is 0 Å². The molecule has 0 saturated carbocycles. The molecule has 1 aromatic rings. The summed E-state index contributed by atoms with van der Waals surface area (Å²) < 4.78 is 0. The Labute approximate surface area is 100 Å². The van der Waals surface area contributed by atoms with Crippen LogP contribution in [-0.4, -0.2) is 53.7 Å². The van der Waals surface area contributed by atoms with E-state index in [1.54, 1.807) is 0 Å².